The predicted molar refractivity (Wildman–Crippen MR) is 65.1 cm³/mol. The van der Waals surface area contributed by atoms with E-state index in [1.165, 1.54) is 7.11 Å². The first-order chi connectivity index (χ1) is 6.63. The lowest BCUT2D eigenvalue weighted by Gasteiger charge is -2.08. The highest BCUT2D eigenvalue weighted by atomic mass is 79.9. The zero-order valence-corrected chi connectivity index (χ0v) is 10.7. The number of methoxy groups -OCH3 is 1. The lowest BCUT2D eigenvalue weighted by molar-refractivity contribution is -0.142. The van der Waals surface area contributed by atoms with E-state index in [0.29, 0.717) is 6.42 Å². The summed E-state index contributed by atoms with van der Waals surface area (Å²) in [5.74, 6) is -0.384. The number of halogens is 2. The summed E-state index contributed by atoms with van der Waals surface area (Å²) in [6.45, 7) is 0. The molecule has 0 heterocycles. The van der Waals surface area contributed by atoms with Crippen molar-refractivity contribution < 1.29 is 9.53 Å². The molecular weight excluding hydrogens is 281 g/mol. The summed E-state index contributed by atoms with van der Waals surface area (Å²) in [4.78, 5) is 11.0. The van der Waals surface area contributed by atoms with Crippen LogP contribution in [0.3, 0.4) is 0 Å². The van der Waals surface area contributed by atoms with E-state index < -0.39 is 6.04 Å². The molecule has 0 bridgehead atoms. The third kappa shape index (κ3) is 4.64. The fraction of sp³-hybridized carbons (Fsp3) is 0.300. The van der Waals surface area contributed by atoms with Crippen molar-refractivity contribution >= 4 is 34.3 Å². The van der Waals surface area contributed by atoms with Crippen molar-refractivity contribution in [2.45, 2.75) is 12.5 Å². The third-order valence-electron chi connectivity index (χ3n) is 1.85. The van der Waals surface area contributed by atoms with Crippen molar-refractivity contribution in [3.05, 3.63) is 34.3 Å². The van der Waals surface area contributed by atoms with E-state index in [0.717, 1.165) is 10.0 Å². The second-order valence-corrected chi connectivity index (χ2v) is 3.88. The first-order valence-electron chi connectivity index (χ1n) is 4.21. The average Bonchev–Trinajstić information content (AvgIpc) is 2.16. The van der Waals surface area contributed by atoms with E-state index in [2.05, 4.69) is 20.7 Å². The van der Waals surface area contributed by atoms with Crippen molar-refractivity contribution in [1.29, 1.82) is 0 Å². The van der Waals surface area contributed by atoms with Crippen LogP contribution in [0.4, 0.5) is 0 Å². The van der Waals surface area contributed by atoms with E-state index >= 15 is 0 Å². The number of hydrogen-bond acceptors (Lipinski definition) is 3. The Balaban J connectivity index is 0.00000196. The Labute approximate surface area is 104 Å². The van der Waals surface area contributed by atoms with Gasteiger partial charge in [0, 0.05) is 4.47 Å². The summed E-state index contributed by atoms with van der Waals surface area (Å²) in [7, 11) is 1.34. The molecule has 0 radical (unpaired) electrons. The summed E-state index contributed by atoms with van der Waals surface area (Å²) in [5, 5.41) is 0. The maximum Gasteiger partial charge on any atom is 0.322 e. The molecule has 0 spiro atoms. The molecule has 5 heteroatoms. The predicted octanol–water partition coefficient (Wildman–Crippen LogP) is 1.91. The zero-order chi connectivity index (χ0) is 10.6. The molecular formula is C10H13BrClNO2. The summed E-state index contributed by atoms with van der Waals surface area (Å²) in [6.07, 6.45) is 0.492. The molecule has 0 amide bonds. The molecule has 0 aliphatic heterocycles. The van der Waals surface area contributed by atoms with E-state index in [4.69, 9.17) is 5.73 Å². The van der Waals surface area contributed by atoms with Crippen LogP contribution in [0.25, 0.3) is 0 Å². The normalized spacial score (nSPS) is 11.4. The number of esters is 1. The van der Waals surface area contributed by atoms with Gasteiger partial charge in [0.1, 0.15) is 6.04 Å². The van der Waals surface area contributed by atoms with Crippen molar-refractivity contribution in [3.8, 4) is 0 Å². The highest BCUT2D eigenvalue weighted by Crippen LogP contribution is 2.12. The SMILES string of the molecule is COC(=O)[C@H](N)Cc1cccc(Br)c1.Cl. The van der Waals surface area contributed by atoms with Gasteiger partial charge in [0.2, 0.25) is 0 Å². The Bertz CT molecular complexity index is 333. The minimum Gasteiger partial charge on any atom is -0.468 e. The number of hydrogen-bond donors (Lipinski definition) is 1. The molecule has 0 fully saturated rings. The van der Waals surface area contributed by atoms with Crippen molar-refractivity contribution in [1.82, 2.24) is 0 Å². The molecule has 15 heavy (non-hydrogen) atoms. The Morgan fingerprint density at radius 1 is 1.60 bits per heavy atom. The van der Waals surface area contributed by atoms with Gasteiger partial charge in [-0.2, -0.15) is 0 Å². The van der Waals surface area contributed by atoms with Crippen molar-refractivity contribution in [3.63, 3.8) is 0 Å². The van der Waals surface area contributed by atoms with E-state index in [1.807, 2.05) is 24.3 Å². The maximum absolute atomic E-state index is 11.0. The van der Waals surface area contributed by atoms with Crippen molar-refractivity contribution in [2.75, 3.05) is 7.11 Å². The number of nitrogens with two attached hydrogens (primary N) is 1. The van der Waals surface area contributed by atoms with Gasteiger partial charge in [-0.25, -0.2) is 0 Å². The molecule has 2 N–H and O–H groups in total. The van der Waals surface area contributed by atoms with E-state index in [-0.39, 0.29) is 18.4 Å². The monoisotopic (exact) mass is 293 g/mol. The molecule has 84 valence electrons. The highest BCUT2D eigenvalue weighted by Gasteiger charge is 2.13. The largest absolute Gasteiger partial charge is 0.468 e. The molecule has 1 aromatic carbocycles. The quantitative estimate of drug-likeness (QED) is 0.867. The second-order valence-electron chi connectivity index (χ2n) is 2.96. The van der Waals surface area contributed by atoms with Crippen LogP contribution in [0.1, 0.15) is 5.56 Å². The van der Waals surface area contributed by atoms with Gasteiger partial charge < -0.3 is 10.5 Å². The number of benzene rings is 1. The topological polar surface area (TPSA) is 52.3 Å². The van der Waals surface area contributed by atoms with Gasteiger partial charge in [0.25, 0.3) is 0 Å². The fourth-order valence-corrected chi connectivity index (χ4v) is 1.60. The van der Waals surface area contributed by atoms with Gasteiger partial charge in [0.05, 0.1) is 7.11 Å². The summed E-state index contributed by atoms with van der Waals surface area (Å²) in [6, 6.07) is 7.10. The summed E-state index contributed by atoms with van der Waals surface area (Å²) in [5.41, 5.74) is 6.63. The Morgan fingerprint density at radius 2 is 2.27 bits per heavy atom. The molecule has 0 saturated carbocycles. The van der Waals surface area contributed by atoms with Crippen LogP contribution in [0.5, 0.6) is 0 Å². The standard InChI is InChI=1S/C10H12BrNO2.ClH/c1-14-10(13)9(12)6-7-3-2-4-8(11)5-7;/h2-5,9H,6,12H2,1H3;1H/t9-;/m1./s1. The number of ether oxygens (including phenoxy) is 1. The third-order valence-corrected chi connectivity index (χ3v) is 2.34. The highest BCUT2D eigenvalue weighted by molar-refractivity contribution is 9.10. The fourth-order valence-electron chi connectivity index (χ4n) is 1.15. The Morgan fingerprint density at radius 3 is 2.80 bits per heavy atom. The lowest BCUT2D eigenvalue weighted by Crippen LogP contribution is -2.33. The molecule has 3 nitrogen and oxygen atoms in total. The van der Waals surface area contributed by atoms with Gasteiger partial charge in [0.15, 0.2) is 0 Å². The minimum atomic E-state index is -0.589. The number of rotatable bonds is 3. The molecule has 0 unspecified atom stereocenters. The number of carbonyl (C=O) groups excluding carboxylic acids is 1. The van der Waals surface area contributed by atoms with Crippen LogP contribution in [0.15, 0.2) is 28.7 Å². The van der Waals surface area contributed by atoms with E-state index in [9.17, 15) is 4.79 Å². The van der Waals surface area contributed by atoms with Crippen LogP contribution in [0.2, 0.25) is 0 Å². The maximum atomic E-state index is 11.0. The average molecular weight is 295 g/mol. The summed E-state index contributed by atoms with van der Waals surface area (Å²) >= 11 is 3.35. The Kier molecular flexibility index (Phi) is 6.56. The molecule has 1 aromatic rings. The molecule has 0 aliphatic rings. The molecule has 1 atom stereocenters. The van der Waals surface area contributed by atoms with Crippen LogP contribution in [-0.4, -0.2) is 19.1 Å². The van der Waals surface area contributed by atoms with Crippen LogP contribution < -0.4 is 5.73 Å². The smallest absolute Gasteiger partial charge is 0.322 e. The molecule has 1 rings (SSSR count). The van der Waals surface area contributed by atoms with Crippen molar-refractivity contribution in [2.24, 2.45) is 5.73 Å². The lowest BCUT2D eigenvalue weighted by atomic mass is 10.1. The zero-order valence-electron chi connectivity index (χ0n) is 8.27. The van der Waals surface area contributed by atoms with Gasteiger partial charge in [-0.05, 0) is 24.1 Å². The first kappa shape index (κ1) is 14.4. The first-order valence-corrected chi connectivity index (χ1v) is 5.00. The minimum absolute atomic E-state index is 0. The summed E-state index contributed by atoms with van der Waals surface area (Å²) < 4.78 is 5.52. The van der Waals surface area contributed by atoms with Crippen LogP contribution in [0, 0.1) is 0 Å². The van der Waals surface area contributed by atoms with Gasteiger partial charge in [-0.15, -0.1) is 12.4 Å². The van der Waals surface area contributed by atoms with Gasteiger partial charge in [-0.3, -0.25) is 4.79 Å². The van der Waals surface area contributed by atoms with Crippen LogP contribution in [-0.2, 0) is 16.0 Å². The second kappa shape index (κ2) is 6.82. The van der Waals surface area contributed by atoms with E-state index in [1.54, 1.807) is 0 Å². The molecule has 0 aliphatic carbocycles. The molecule has 0 saturated heterocycles. The molecule has 0 aromatic heterocycles. The van der Waals surface area contributed by atoms with Gasteiger partial charge >= 0.3 is 5.97 Å². The number of carbonyl (C=O) groups is 1. The Hall–Kier alpha value is -0.580. The van der Waals surface area contributed by atoms with Gasteiger partial charge in [-0.1, -0.05) is 28.1 Å². The van der Waals surface area contributed by atoms with Crippen LogP contribution >= 0.6 is 28.3 Å².